The van der Waals surface area contributed by atoms with Gasteiger partial charge in [-0.2, -0.15) is 0 Å². The van der Waals surface area contributed by atoms with E-state index in [2.05, 4.69) is 21.2 Å². The van der Waals surface area contributed by atoms with Crippen molar-refractivity contribution in [1.29, 1.82) is 0 Å². The first-order valence-electron chi connectivity index (χ1n) is 5.49. The van der Waals surface area contributed by atoms with Crippen molar-refractivity contribution in [2.75, 3.05) is 5.32 Å². The first-order chi connectivity index (χ1) is 9.08. The molecule has 0 aliphatic carbocycles. The topological polar surface area (TPSA) is 55.2 Å². The van der Waals surface area contributed by atoms with Gasteiger partial charge in [-0.15, -0.1) is 0 Å². The lowest BCUT2D eigenvalue weighted by Crippen LogP contribution is -2.02. The van der Waals surface area contributed by atoms with Crippen molar-refractivity contribution >= 4 is 27.3 Å². The second-order valence-corrected chi connectivity index (χ2v) is 4.73. The lowest BCUT2D eigenvalue weighted by molar-refractivity contribution is -0.384. The molecule has 0 amide bonds. The van der Waals surface area contributed by atoms with Gasteiger partial charge in [0.05, 0.1) is 10.6 Å². The van der Waals surface area contributed by atoms with Gasteiger partial charge in [0, 0.05) is 23.2 Å². The summed E-state index contributed by atoms with van der Waals surface area (Å²) < 4.78 is 14.2. The van der Waals surface area contributed by atoms with Crippen LogP contribution in [-0.2, 0) is 6.54 Å². The fraction of sp³-hybridized carbons (Fsp3) is 0.0769. The number of non-ortho nitro benzene ring substituents is 1. The number of rotatable bonds is 4. The number of anilines is 1. The van der Waals surface area contributed by atoms with Gasteiger partial charge in [0.2, 0.25) is 0 Å². The number of nitro groups is 1. The molecule has 4 nitrogen and oxygen atoms in total. The summed E-state index contributed by atoms with van der Waals surface area (Å²) in [5, 5.41) is 13.5. The SMILES string of the molecule is O=[N+]([O-])c1ccc(CNc2c(F)cccc2Br)cc1. The van der Waals surface area contributed by atoms with E-state index in [1.807, 2.05) is 0 Å². The van der Waals surface area contributed by atoms with Crippen molar-refractivity contribution in [3.63, 3.8) is 0 Å². The van der Waals surface area contributed by atoms with E-state index in [-0.39, 0.29) is 11.5 Å². The van der Waals surface area contributed by atoms with E-state index in [0.717, 1.165) is 5.56 Å². The second kappa shape index (κ2) is 5.79. The first-order valence-corrected chi connectivity index (χ1v) is 6.28. The molecule has 0 unspecified atom stereocenters. The van der Waals surface area contributed by atoms with Crippen LogP contribution in [0.2, 0.25) is 0 Å². The van der Waals surface area contributed by atoms with Crippen molar-refractivity contribution in [1.82, 2.24) is 0 Å². The van der Waals surface area contributed by atoms with E-state index in [1.54, 1.807) is 24.3 Å². The number of halogens is 2. The van der Waals surface area contributed by atoms with Crippen LogP contribution in [0, 0.1) is 15.9 Å². The van der Waals surface area contributed by atoms with Gasteiger partial charge in [-0.25, -0.2) is 4.39 Å². The second-order valence-electron chi connectivity index (χ2n) is 3.87. The lowest BCUT2D eigenvalue weighted by atomic mass is 10.2. The van der Waals surface area contributed by atoms with E-state index in [0.29, 0.717) is 16.7 Å². The van der Waals surface area contributed by atoms with Crippen LogP contribution in [0.5, 0.6) is 0 Å². The van der Waals surface area contributed by atoms with Gasteiger partial charge < -0.3 is 5.32 Å². The Morgan fingerprint density at radius 1 is 1.21 bits per heavy atom. The van der Waals surface area contributed by atoms with Crippen LogP contribution in [0.15, 0.2) is 46.9 Å². The van der Waals surface area contributed by atoms with Gasteiger partial charge in [0.1, 0.15) is 5.82 Å². The molecule has 0 atom stereocenters. The van der Waals surface area contributed by atoms with Crippen molar-refractivity contribution in [2.24, 2.45) is 0 Å². The highest BCUT2D eigenvalue weighted by Crippen LogP contribution is 2.25. The van der Waals surface area contributed by atoms with Crippen LogP contribution in [0.25, 0.3) is 0 Å². The molecule has 0 heterocycles. The quantitative estimate of drug-likeness (QED) is 0.680. The molecule has 0 aliphatic rings. The molecule has 6 heteroatoms. The van der Waals surface area contributed by atoms with E-state index in [1.165, 1.54) is 18.2 Å². The van der Waals surface area contributed by atoms with E-state index < -0.39 is 4.92 Å². The Labute approximate surface area is 117 Å². The Kier molecular flexibility index (Phi) is 4.11. The monoisotopic (exact) mass is 324 g/mol. The molecule has 2 aromatic carbocycles. The number of nitrogens with one attached hydrogen (secondary N) is 1. The highest BCUT2D eigenvalue weighted by molar-refractivity contribution is 9.10. The smallest absolute Gasteiger partial charge is 0.269 e. The number of para-hydroxylation sites is 1. The summed E-state index contributed by atoms with van der Waals surface area (Å²) in [5.74, 6) is -0.351. The van der Waals surface area contributed by atoms with Crippen molar-refractivity contribution in [3.8, 4) is 0 Å². The maximum absolute atomic E-state index is 13.5. The summed E-state index contributed by atoms with van der Waals surface area (Å²) >= 11 is 3.26. The molecule has 0 radical (unpaired) electrons. The summed E-state index contributed by atoms with van der Waals surface area (Å²) in [6.07, 6.45) is 0. The van der Waals surface area contributed by atoms with Crippen molar-refractivity contribution in [2.45, 2.75) is 6.54 Å². The Hall–Kier alpha value is -1.95. The zero-order valence-electron chi connectivity index (χ0n) is 9.77. The average Bonchev–Trinajstić information content (AvgIpc) is 2.38. The van der Waals surface area contributed by atoms with Gasteiger partial charge in [-0.1, -0.05) is 18.2 Å². The van der Waals surface area contributed by atoms with Gasteiger partial charge in [-0.3, -0.25) is 10.1 Å². The normalized spacial score (nSPS) is 10.2. The molecule has 1 N–H and O–H groups in total. The Balaban J connectivity index is 2.08. The Bertz CT molecular complexity index is 582. The van der Waals surface area contributed by atoms with E-state index >= 15 is 0 Å². The van der Waals surface area contributed by atoms with Gasteiger partial charge in [0.15, 0.2) is 0 Å². The largest absolute Gasteiger partial charge is 0.378 e. The lowest BCUT2D eigenvalue weighted by Gasteiger charge is -2.09. The molecule has 0 bridgehead atoms. The number of nitrogens with zero attached hydrogens (tertiary/aromatic N) is 1. The zero-order chi connectivity index (χ0) is 13.8. The molecule has 19 heavy (non-hydrogen) atoms. The van der Waals surface area contributed by atoms with Gasteiger partial charge in [0.25, 0.3) is 5.69 Å². The minimum atomic E-state index is -0.454. The molecule has 0 fully saturated rings. The summed E-state index contributed by atoms with van der Waals surface area (Å²) in [4.78, 5) is 10.1. The summed E-state index contributed by atoms with van der Waals surface area (Å²) in [7, 11) is 0. The standard InChI is InChI=1S/C13H10BrFN2O2/c14-11-2-1-3-12(15)13(11)16-8-9-4-6-10(7-5-9)17(18)19/h1-7,16H,8H2. The minimum absolute atomic E-state index is 0.0378. The van der Waals surface area contributed by atoms with Crippen LogP contribution in [0.4, 0.5) is 15.8 Å². The number of hydrogen-bond donors (Lipinski definition) is 1. The van der Waals surface area contributed by atoms with Crippen LogP contribution >= 0.6 is 15.9 Å². The minimum Gasteiger partial charge on any atom is -0.378 e. The third-order valence-corrected chi connectivity index (χ3v) is 3.24. The zero-order valence-corrected chi connectivity index (χ0v) is 11.4. The third kappa shape index (κ3) is 3.29. The van der Waals surface area contributed by atoms with Crippen LogP contribution < -0.4 is 5.32 Å². The average molecular weight is 325 g/mol. The summed E-state index contributed by atoms with van der Waals surface area (Å²) in [6.45, 7) is 0.386. The highest BCUT2D eigenvalue weighted by atomic mass is 79.9. The third-order valence-electron chi connectivity index (χ3n) is 2.58. The predicted molar refractivity (Wildman–Crippen MR) is 74.5 cm³/mol. The molecule has 2 aromatic rings. The molecular formula is C13H10BrFN2O2. The fourth-order valence-corrected chi connectivity index (χ4v) is 2.07. The van der Waals surface area contributed by atoms with Crippen molar-refractivity contribution < 1.29 is 9.31 Å². The molecule has 0 spiro atoms. The van der Waals surface area contributed by atoms with Crippen molar-refractivity contribution in [3.05, 3.63) is 68.4 Å². The molecule has 0 saturated heterocycles. The Morgan fingerprint density at radius 2 is 1.89 bits per heavy atom. The number of hydrogen-bond acceptors (Lipinski definition) is 3. The molecule has 98 valence electrons. The highest BCUT2D eigenvalue weighted by Gasteiger charge is 2.07. The van der Waals surface area contributed by atoms with Crippen LogP contribution in [0.1, 0.15) is 5.56 Å². The molecule has 0 aliphatic heterocycles. The maximum Gasteiger partial charge on any atom is 0.269 e. The summed E-state index contributed by atoms with van der Waals surface area (Å²) in [5.41, 5.74) is 1.25. The fourth-order valence-electron chi connectivity index (χ4n) is 1.59. The van der Waals surface area contributed by atoms with E-state index in [9.17, 15) is 14.5 Å². The van der Waals surface area contributed by atoms with E-state index in [4.69, 9.17) is 0 Å². The predicted octanol–water partition coefficient (Wildman–Crippen LogP) is 4.11. The summed E-state index contributed by atoms with van der Waals surface area (Å²) in [6, 6.07) is 10.8. The van der Waals surface area contributed by atoms with Gasteiger partial charge in [-0.05, 0) is 33.6 Å². The molecule has 2 rings (SSSR count). The van der Waals surface area contributed by atoms with Crippen LogP contribution in [0.3, 0.4) is 0 Å². The van der Waals surface area contributed by atoms with Crippen LogP contribution in [-0.4, -0.2) is 4.92 Å². The molecule has 0 aromatic heterocycles. The number of nitro benzene ring substituents is 1. The molecular weight excluding hydrogens is 315 g/mol. The first kappa shape index (κ1) is 13.5. The van der Waals surface area contributed by atoms with Gasteiger partial charge >= 0.3 is 0 Å². The molecule has 0 saturated carbocycles. The maximum atomic E-state index is 13.5. The Morgan fingerprint density at radius 3 is 2.47 bits per heavy atom. The number of benzene rings is 2.